The summed E-state index contributed by atoms with van der Waals surface area (Å²) in [5.41, 5.74) is -1.01. The van der Waals surface area contributed by atoms with Gasteiger partial charge in [-0.15, -0.1) is 11.8 Å². The minimum absolute atomic E-state index is 0.0498. The Morgan fingerprint density at radius 1 is 1.37 bits per heavy atom. The van der Waals surface area contributed by atoms with E-state index in [2.05, 4.69) is 20.6 Å². The molecule has 7 nitrogen and oxygen atoms in total. The third kappa shape index (κ3) is 4.88. The summed E-state index contributed by atoms with van der Waals surface area (Å²) in [5, 5.41) is 9.90. The van der Waals surface area contributed by atoms with Gasteiger partial charge in [0.15, 0.2) is 5.82 Å². The van der Waals surface area contributed by atoms with E-state index in [1.165, 1.54) is 41.0 Å². The van der Waals surface area contributed by atoms with Gasteiger partial charge in [0.05, 0.1) is 28.4 Å². The van der Waals surface area contributed by atoms with Gasteiger partial charge in [0.1, 0.15) is 0 Å². The monoisotopic (exact) mass is 397 g/mol. The van der Waals surface area contributed by atoms with Crippen LogP contribution in [0.5, 0.6) is 0 Å². The minimum Gasteiger partial charge on any atom is -0.340 e. The second-order valence-corrected chi connectivity index (χ2v) is 6.43. The van der Waals surface area contributed by atoms with Crippen LogP contribution in [0.15, 0.2) is 41.2 Å². The van der Waals surface area contributed by atoms with Gasteiger partial charge >= 0.3 is 6.18 Å². The van der Waals surface area contributed by atoms with Crippen molar-refractivity contribution in [1.29, 1.82) is 0 Å². The van der Waals surface area contributed by atoms with Crippen molar-refractivity contribution in [2.45, 2.75) is 18.9 Å². The zero-order valence-electron chi connectivity index (χ0n) is 14.0. The molecule has 11 heteroatoms. The van der Waals surface area contributed by atoms with Crippen LogP contribution in [0.4, 0.5) is 18.9 Å². The second-order valence-electron chi connectivity index (χ2n) is 5.45. The first kappa shape index (κ1) is 19.0. The molecular weight excluding hydrogens is 383 g/mol. The van der Waals surface area contributed by atoms with Crippen LogP contribution in [0.3, 0.4) is 0 Å². The lowest BCUT2D eigenvalue weighted by atomic mass is 10.1. The summed E-state index contributed by atoms with van der Waals surface area (Å²) in [6.45, 7) is 1.64. The lowest BCUT2D eigenvalue weighted by Crippen LogP contribution is -2.18. The number of halogens is 3. The molecule has 0 bridgehead atoms. The summed E-state index contributed by atoms with van der Waals surface area (Å²) in [6.07, 6.45) is -1.63. The third-order valence-electron chi connectivity index (χ3n) is 3.39. The summed E-state index contributed by atoms with van der Waals surface area (Å²) in [6, 6.07) is 5.21. The van der Waals surface area contributed by atoms with Crippen molar-refractivity contribution in [3.05, 3.63) is 53.9 Å². The Balaban J connectivity index is 1.68. The fraction of sp³-hybridized carbons (Fsp3) is 0.250. The molecule has 0 atom stereocenters. The summed E-state index contributed by atoms with van der Waals surface area (Å²) < 4.78 is 46.3. The van der Waals surface area contributed by atoms with E-state index in [4.69, 9.17) is 4.52 Å². The smallest absolute Gasteiger partial charge is 0.340 e. The van der Waals surface area contributed by atoms with Crippen molar-refractivity contribution in [1.82, 2.24) is 19.9 Å². The molecule has 0 aliphatic rings. The molecule has 0 saturated carbocycles. The van der Waals surface area contributed by atoms with E-state index < -0.39 is 17.6 Å². The number of hydrogen-bond acceptors (Lipinski definition) is 6. The van der Waals surface area contributed by atoms with Crippen molar-refractivity contribution in [3.63, 3.8) is 0 Å². The van der Waals surface area contributed by atoms with E-state index in [1.54, 1.807) is 13.0 Å². The van der Waals surface area contributed by atoms with Crippen LogP contribution in [0.1, 0.15) is 17.3 Å². The van der Waals surface area contributed by atoms with Gasteiger partial charge in [-0.1, -0.05) is 5.16 Å². The van der Waals surface area contributed by atoms with E-state index >= 15 is 0 Å². The van der Waals surface area contributed by atoms with E-state index in [9.17, 15) is 18.0 Å². The second kappa shape index (κ2) is 7.82. The summed E-state index contributed by atoms with van der Waals surface area (Å²) in [4.78, 5) is 16.0. The molecule has 3 rings (SSSR count). The minimum atomic E-state index is -4.62. The number of carbonyl (C=O) groups is 1. The number of anilines is 1. The summed E-state index contributed by atoms with van der Waals surface area (Å²) >= 11 is 1.17. The van der Waals surface area contributed by atoms with Crippen molar-refractivity contribution >= 4 is 23.4 Å². The molecule has 2 aromatic heterocycles. The Labute approximate surface area is 155 Å². The lowest BCUT2D eigenvalue weighted by molar-refractivity contribution is -0.137. The number of carbonyl (C=O) groups excluding carboxylic acids is 1. The SMILES string of the molecule is Cc1nc(CSCC(=O)Nc2ccc(-n3cccn3)cc2C(F)(F)F)no1. The highest BCUT2D eigenvalue weighted by Crippen LogP contribution is 2.36. The van der Waals surface area contributed by atoms with Gasteiger partial charge in [0, 0.05) is 19.3 Å². The molecule has 142 valence electrons. The van der Waals surface area contributed by atoms with E-state index in [-0.39, 0.29) is 17.1 Å². The Bertz CT molecular complexity index is 925. The van der Waals surface area contributed by atoms with Crippen molar-refractivity contribution < 1.29 is 22.5 Å². The molecule has 27 heavy (non-hydrogen) atoms. The molecule has 1 amide bonds. The molecule has 0 aliphatic heterocycles. The van der Waals surface area contributed by atoms with Crippen LogP contribution in [0.25, 0.3) is 5.69 Å². The third-order valence-corrected chi connectivity index (χ3v) is 4.31. The average molecular weight is 397 g/mol. The predicted octanol–water partition coefficient (Wildman–Crippen LogP) is 3.45. The van der Waals surface area contributed by atoms with Crippen LogP contribution in [0.2, 0.25) is 0 Å². The number of amides is 1. The molecule has 0 aliphatic carbocycles. The Morgan fingerprint density at radius 3 is 2.81 bits per heavy atom. The van der Waals surface area contributed by atoms with E-state index in [1.807, 2.05) is 0 Å². The first-order valence-corrected chi connectivity index (χ1v) is 8.86. The van der Waals surface area contributed by atoms with E-state index in [0.717, 1.165) is 6.07 Å². The van der Waals surface area contributed by atoms with Crippen LogP contribution >= 0.6 is 11.8 Å². The highest BCUT2D eigenvalue weighted by atomic mass is 32.2. The molecule has 3 aromatic rings. The number of aromatic nitrogens is 4. The summed E-state index contributed by atoms with van der Waals surface area (Å²) in [5.74, 6) is 0.533. The van der Waals surface area contributed by atoms with Crippen molar-refractivity contribution in [3.8, 4) is 5.69 Å². The number of nitrogens with one attached hydrogen (secondary N) is 1. The molecule has 1 N–H and O–H groups in total. The Kier molecular flexibility index (Phi) is 5.49. The first-order valence-electron chi connectivity index (χ1n) is 7.71. The lowest BCUT2D eigenvalue weighted by Gasteiger charge is -2.15. The normalized spacial score (nSPS) is 11.6. The zero-order chi connectivity index (χ0) is 19.4. The van der Waals surface area contributed by atoms with Gasteiger partial charge in [0.25, 0.3) is 0 Å². The highest BCUT2D eigenvalue weighted by molar-refractivity contribution is 7.99. The topological polar surface area (TPSA) is 85.8 Å². The molecular formula is C16H14F3N5O2S. The van der Waals surface area contributed by atoms with Gasteiger partial charge in [-0.05, 0) is 24.3 Å². The van der Waals surface area contributed by atoms with Gasteiger partial charge in [-0.25, -0.2) is 4.68 Å². The predicted molar refractivity (Wildman–Crippen MR) is 92.4 cm³/mol. The van der Waals surface area contributed by atoms with E-state index in [0.29, 0.717) is 17.5 Å². The molecule has 0 unspecified atom stereocenters. The Morgan fingerprint density at radius 2 is 2.19 bits per heavy atom. The van der Waals surface area contributed by atoms with Gasteiger partial charge in [-0.3, -0.25) is 4.79 Å². The fourth-order valence-corrected chi connectivity index (χ4v) is 2.92. The standard InChI is InChI=1S/C16H14F3N5O2S/c1-10-21-14(23-26-10)8-27-9-15(25)22-13-4-3-11(24-6-2-5-20-24)7-12(13)16(17,18)19/h2-7H,8-9H2,1H3,(H,22,25). The summed E-state index contributed by atoms with van der Waals surface area (Å²) in [7, 11) is 0. The van der Waals surface area contributed by atoms with Crippen LogP contribution in [0, 0.1) is 6.92 Å². The molecule has 0 fully saturated rings. The maximum atomic E-state index is 13.4. The van der Waals surface area contributed by atoms with Crippen LogP contribution in [-0.4, -0.2) is 31.6 Å². The van der Waals surface area contributed by atoms with Crippen LogP contribution in [-0.2, 0) is 16.7 Å². The average Bonchev–Trinajstić information content (AvgIpc) is 3.26. The molecule has 2 heterocycles. The molecule has 0 radical (unpaired) electrons. The molecule has 1 aromatic carbocycles. The molecule has 0 saturated heterocycles. The fourth-order valence-electron chi connectivity index (χ4n) is 2.26. The number of benzene rings is 1. The number of aryl methyl sites for hydroxylation is 1. The largest absolute Gasteiger partial charge is 0.418 e. The highest BCUT2D eigenvalue weighted by Gasteiger charge is 2.34. The number of alkyl halides is 3. The number of nitrogens with zero attached hydrogens (tertiary/aromatic N) is 4. The number of hydrogen-bond donors (Lipinski definition) is 1. The van der Waals surface area contributed by atoms with Crippen molar-refractivity contribution in [2.75, 3.05) is 11.1 Å². The van der Waals surface area contributed by atoms with Crippen LogP contribution < -0.4 is 5.32 Å². The van der Waals surface area contributed by atoms with Gasteiger partial charge in [0.2, 0.25) is 11.8 Å². The number of thioether (sulfide) groups is 1. The number of rotatable bonds is 6. The quantitative estimate of drug-likeness (QED) is 0.686. The Hall–Kier alpha value is -2.82. The maximum Gasteiger partial charge on any atom is 0.418 e. The van der Waals surface area contributed by atoms with Crippen molar-refractivity contribution in [2.24, 2.45) is 0 Å². The maximum absolute atomic E-state index is 13.4. The first-order chi connectivity index (χ1) is 12.8. The molecule has 0 spiro atoms. The van der Waals surface area contributed by atoms with Gasteiger partial charge in [-0.2, -0.15) is 23.3 Å². The zero-order valence-corrected chi connectivity index (χ0v) is 14.8. The van der Waals surface area contributed by atoms with Gasteiger partial charge < -0.3 is 9.84 Å².